The van der Waals surface area contributed by atoms with E-state index in [9.17, 15) is 4.79 Å². The number of hydrogen-bond donors (Lipinski definition) is 3. The predicted octanol–water partition coefficient (Wildman–Crippen LogP) is 0.370. The molecule has 0 atom stereocenters. The van der Waals surface area contributed by atoms with Crippen molar-refractivity contribution in [1.29, 1.82) is 0 Å². The van der Waals surface area contributed by atoms with Gasteiger partial charge in [0.1, 0.15) is 5.82 Å². The average molecular weight is 250 g/mol. The summed E-state index contributed by atoms with van der Waals surface area (Å²) in [7, 11) is 3.09. The molecule has 0 aliphatic heterocycles. The summed E-state index contributed by atoms with van der Waals surface area (Å²) in [4.78, 5) is 19.5. The first kappa shape index (κ1) is 12.1. The number of nitrogens with zero attached hydrogens (tertiary/aromatic N) is 3. The Balaban J connectivity index is 2.15. The zero-order chi connectivity index (χ0) is 13.0. The highest BCUT2D eigenvalue weighted by molar-refractivity contribution is 5.87. The topological polar surface area (TPSA) is 105 Å². The number of carbonyl (C=O) groups is 1. The molecule has 0 aromatic carbocycles. The quantitative estimate of drug-likeness (QED) is 0.658. The highest BCUT2D eigenvalue weighted by Gasteiger charge is 2.09. The van der Waals surface area contributed by atoms with Crippen LogP contribution in [0.1, 0.15) is 6.42 Å². The second-order valence-corrected chi connectivity index (χ2v) is 3.53. The Labute approximate surface area is 103 Å². The van der Waals surface area contributed by atoms with E-state index in [-0.39, 0.29) is 12.4 Å². The molecule has 0 saturated heterocycles. The number of ether oxygens (including phenoxy) is 1. The monoisotopic (exact) mass is 250 g/mol. The summed E-state index contributed by atoms with van der Waals surface area (Å²) in [6, 6.07) is 0. The second kappa shape index (κ2) is 5.30. The molecule has 96 valence electrons. The molecule has 2 aromatic rings. The number of fused-ring (bicyclic) bond motifs is 1. The molecule has 8 heteroatoms. The molecule has 0 aliphatic carbocycles. The number of aromatic nitrogens is 4. The minimum absolute atomic E-state index is 0.270. The van der Waals surface area contributed by atoms with Crippen LogP contribution in [0.25, 0.3) is 11.0 Å². The lowest BCUT2D eigenvalue weighted by atomic mass is 10.3. The van der Waals surface area contributed by atoms with Gasteiger partial charge in [0.05, 0.1) is 25.1 Å². The van der Waals surface area contributed by atoms with Gasteiger partial charge in [-0.2, -0.15) is 15.1 Å². The van der Waals surface area contributed by atoms with Gasteiger partial charge in [0.25, 0.3) is 0 Å². The summed E-state index contributed by atoms with van der Waals surface area (Å²) in [5, 5.41) is 13.4. The first-order valence-corrected chi connectivity index (χ1v) is 5.44. The van der Waals surface area contributed by atoms with E-state index in [2.05, 4.69) is 35.5 Å². The Kier molecular flexibility index (Phi) is 3.56. The molecule has 3 N–H and O–H groups in total. The van der Waals surface area contributed by atoms with Crippen LogP contribution < -0.4 is 10.6 Å². The number of esters is 1. The van der Waals surface area contributed by atoms with Gasteiger partial charge >= 0.3 is 5.97 Å². The maximum Gasteiger partial charge on any atom is 0.307 e. The van der Waals surface area contributed by atoms with Gasteiger partial charge in [-0.05, 0) is 0 Å². The van der Waals surface area contributed by atoms with Gasteiger partial charge in [-0.15, -0.1) is 0 Å². The Hall–Kier alpha value is -2.38. The third-order valence-electron chi connectivity index (χ3n) is 2.38. The van der Waals surface area contributed by atoms with E-state index >= 15 is 0 Å². The van der Waals surface area contributed by atoms with Gasteiger partial charge < -0.3 is 15.4 Å². The largest absolute Gasteiger partial charge is 0.469 e. The smallest absolute Gasteiger partial charge is 0.307 e. The van der Waals surface area contributed by atoms with Crippen molar-refractivity contribution < 1.29 is 9.53 Å². The number of rotatable bonds is 5. The molecule has 2 rings (SSSR count). The van der Waals surface area contributed by atoms with Crippen LogP contribution in [0.4, 0.5) is 11.8 Å². The van der Waals surface area contributed by atoms with Crippen LogP contribution in [0.15, 0.2) is 6.20 Å². The van der Waals surface area contributed by atoms with Crippen molar-refractivity contribution in [3.63, 3.8) is 0 Å². The van der Waals surface area contributed by atoms with Gasteiger partial charge in [-0.3, -0.25) is 9.89 Å². The van der Waals surface area contributed by atoms with E-state index in [0.29, 0.717) is 24.0 Å². The molecule has 0 spiro atoms. The summed E-state index contributed by atoms with van der Waals surface area (Å²) in [5.41, 5.74) is 0.634. The summed E-state index contributed by atoms with van der Waals surface area (Å²) in [6.45, 7) is 0.438. The Bertz CT molecular complexity index is 552. The summed E-state index contributed by atoms with van der Waals surface area (Å²) >= 11 is 0. The van der Waals surface area contributed by atoms with Crippen molar-refractivity contribution in [3.8, 4) is 0 Å². The van der Waals surface area contributed by atoms with Crippen LogP contribution in [-0.2, 0) is 9.53 Å². The second-order valence-electron chi connectivity index (χ2n) is 3.53. The number of carbonyl (C=O) groups excluding carboxylic acids is 1. The minimum atomic E-state index is -0.270. The first-order chi connectivity index (χ1) is 8.74. The van der Waals surface area contributed by atoms with Crippen molar-refractivity contribution in [2.75, 3.05) is 31.3 Å². The number of hydrogen-bond acceptors (Lipinski definition) is 7. The number of nitrogens with one attached hydrogen (secondary N) is 3. The fraction of sp³-hybridized carbons (Fsp3) is 0.400. The molecule has 0 bridgehead atoms. The van der Waals surface area contributed by atoms with E-state index in [1.165, 1.54) is 7.11 Å². The molecule has 2 aromatic heterocycles. The molecule has 0 unspecified atom stereocenters. The Morgan fingerprint density at radius 1 is 1.50 bits per heavy atom. The number of methoxy groups -OCH3 is 1. The predicted molar refractivity (Wildman–Crippen MR) is 66.4 cm³/mol. The number of anilines is 2. The molecule has 0 radical (unpaired) electrons. The molecule has 0 fully saturated rings. The highest BCUT2D eigenvalue weighted by Crippen LogP contribution is 2.19. The van der Waals surface area contributed by atoms with Gasteiger partial charge in [0.2, 0.25) is 5.95 Å². The van der Waals surface area contributed by atoms with E-state index in [1.807, 2.05) is 0 Å². The summed E-state index contributed by atoms with van der Waals surface area (Å²) in [6.07, 6.45) is 1.91. The molecular weight excluding hydrogens is 236 g/mol. The Morgan fingerprint density at radius 3 is 3.06 bits per heavy atom. The van der Waals surface area contributed by atoms with Crippen molar-refractivity contribution in [1.82, 2.24) is 20.2 Å². The van der Waals surface area contributed by atoms with Crippen LogP contribution in [0.3, 0.4) is 0 Å². The number of H-pyrrole nitrogens is 1. The van der Waals surface area contributed by atoms with E-state index in [1.54, 1.807) is 13.2 Å². The standard InChI is InChI=1S/C10H14N6O2/c1-11-10-14-8(12-4-3-7(17)18-2)6-5-13-16-9(6)15-10/h5H,3-4H2,1-2H3,(H3,11,12,13,14,15,16). The average Bonchev–Trinajstić information content (AvgIpc) is 2.86. The van der Waals surface area contributed by atoms with Crippen LogP contribution in [0.5, 0.6) is 0 Å². The van der Waals surface area contributed by atoms with Crippen LogP contribution in [0, 0.1) is 0 Å². The third kappa shape index (κ3) is 2.47. The van der Waals surface area contributed by atoms with Gasteiger partial charge in [0, 0.05) is 13.6 Å². The highest BCUT2D eigenvalue weighted by atomic mass is 16.5. The molecule has 0 saturated carbocycles. The first-order valence-electron chi connectivity index (χ1n) is 5.44. The van der Waals surface area contributed by atoms with Crippen molar-refractivity contribution in [3.05, 3.63) is 6.20 Å². The lowest BCUT2D eigenvalue weighted by molar-refractivity contribution is -0.140. The maximum absolute atomic E-state index is 11.0. The molecule has 8 nitrogen and oxygen atoms in total. The van der Waals surface area contributed by atoms with Crippen molar-refractivity contribution >= 4 is 28.8 Å². The van der Waals surface area contributed by atoms with Crippen molar-refractivity contribution in [2.24, 2.45) is 0 Å². The van der Waals surface area contributed by atoms with Gasteiger partial charge in [0.15, 0.2) is 5.65 Å². The minimum Gasteiger partial charge on any atom is -0.469 e. The van der Waals surface area contributed by atoms with E-state index < -0.39 is 0 Å². The van der Waals surface area contributed by atoms with E-state index in [4.69, 9.17) is 0 Å². The fourth-order valence-electron chi connectivity index (χ4n) is 1.47. The lowest BCUT2D eigenvalue weighted by Gasteiger charge is -2.07. The Morgan fingerprint density at radius 2 is 2.33 bits per heavy atom. The maximum atomic E-state index is 11.0. The third-order valence-corrected chi connectivity index (χ3v) is 2.38. The molecular formula is C10H14N6O2. The lowest BCUT2D eigenvalue weighted by Crippen LogP contribution is -2.11. The zero-order valence-corrected chi connectivity index (χ0v) is 10.1. The molecule has 0 amide bonds. The number of aromatic amines is 1. The van der Waals surface area contributed by atoms with Gasteiger partial charge in [-0.1, -0.05) is 0 Å². The van der Waals surface area contributed by atoms with E-state index in [0.717, 1.165) is 5.39 Å². The SMILES string of the molecule is CNc1nc(NCCC(=O)OC)c2cn[nH]c2n1. The van der Waals surface area contributed by atoms with Crippen molar-refractivity contribution in [2.45, 2.75) is 6.42 Å². The summed E-state index contributed by atoms with van der Waals surface area (Å²) in [5.74, 6) is 0.836. The normalized spacial score (nSPS) is 10.3. The zero-order valence-electron chi connectivity index (χ0n) is 10.1. The molecule has 0 aliphatic rings. The fourth-order valence-corrected chi connectivity index (χ4v) is 1.47. The van der Waals surface area contributed by atoms with Crippen LogP contribution in [0.2, 0.25) is 0 Å². The molecule has 2 heterocycles. The van der Waals surface area contributed by atoms with Gasteiger partial charge in [-0.25, -0.2) is 0 Å². The molecule has 18 heavy (non-hydrogen) atoms. The summed E-state index contributed by atoms with van der Waals surface area (Å²) < 4.78 is 4.56. The van der Waals surface area contributed by atoms with Crippen LogP contribution in [-0.4, -0.2) is 46.8 Å². The van der Waals surface area contributed by atoms with Crippen LogP contribution >= 0.6 is 0 Å².